The number of hydrogen-bond donors (Lipinski definition) is 1. The van der Waals surface area contributed by atoms with Crippen molar-refractivity contribution < 1.29 is 31.1 Å². The lowest BCUT2D eigenvalue weighted by Gasteiger charge is -2.18. The van der Waals surface area contributed by atoms with Gasteiger partial charge in [-0.05, 0) is 36.4 Å². The minimum absolute atomic E-state index is 0.0128. The highest BCUT2D eigenvalue weighted by atomic mass is 32.2. The van der Waals surface area contributed by atoms with Crippen LogP contribution in [0.25, 0.3) is 10.2 Å². The maximum atomic E-state index is 13.2. The molecule has 2 aromatic carbocycles. The minimum atomic E-state index is -4.23. The lowest BCUT2D eigenvalue weighted by Crippen LogP contribution is -2.30. The Morgan fingerprint density at radius 2 is 1.91 bits per heavy atom. The van der Waals surface area contributed by atoms with E-state index in [1.165, 1.54) is 33.3 Å². The Labute approximate surface area is 188 Å². The standard InChI is InChI=1S/C19H19N3O7S3/c1-11-10-31(24,25)22(18(11)23)12-4-7-15(29-3)17(8-12)32(26,27)21-19-20-14-6-5-13(28-2)9-16(14)30-19/h4-9,11H,10H2,1-3H3,(H,20,21). The third-order valence-corrected chi connectivity index (χ3v) is 9.14. The van der Waals surface area contributed by atoms with E-state index in [0.717, 1.165) is 17.4 Å². The third-order valence-electron chi connectivity index (χ3n) is 4.85. The Bertz CT molecular complexity index is 1430. The lowest BCUT2D eigenvalue weighted by atomic mass is 10.2. The van der Waals surface area contributed by atoms with Gasteiger partial charge in [0.15, 0.2) is 5.13 Å². The van der Waals surface area contributed by atoms with Gasteiger partial charge in [-0.25, -0.2) is 26.1 Å². The number of rotatable bonds is 6. The summed E-state index contributed by atoms with van der Waals surface area (Å²) in [4.78, 5) is 16.4. The Kier molecular flexibility index (Phi) is 5.51. The van der Waals surface area contributed by atoms with Crippen LogP contribution in [-0.2, 0) is 24.8 Å². The van der Waals surface area contributed by atoms with E-state index in [0.29, 0.717) is 20.3 Å². The van der Waals surface area contributed by atoms with Crippen molar-refractivity contribution in [2.24, 2.45) is 5.92 Å². The number of sulfonamides is 2. The van der Waals surface area contributed by atoms with Crippen molar-refractivity contribution >= 4 is 58.3 Å². The number of benzene rings is 2. The second-order valence-electron chi connectivity index (χ2n) is 7.08. The number of nitrogens with one attached hydrogen (secondary N) is 1. The summed E-state index contributed by atoms with van der Waals surface area (Å²) in [6.07, 6.45) is 0. The van der Waals surface area contributed by atoms with E-state index in [1.54, 1.807) is 18.2 Å². The van der Waals surface area contributed by atoms with Crippen LogP contribution < -0.4 is 18.5 Å². The number of hydrogen-bond acceptors (Lipinski definition) is 9. The molecule has 2 heterocycles. The molecular weight excluding hydrogens is 478 g/mol. The predicted octanol–water partition coefficient (Wildman–Crippen LogP) is 2.43. The van der Waals surface area contributed by atoms with E-state index in [1.807, 2.05) is 0 Å². The van der Waals surface area contributed by atoms with Gasteiger partial charge in [0, 0.05) is 0 Å². The highest BCUT2D eigenvalue weighted by Gasteiger charge is 2.42. The molecule has 4 rings (SSSR count). The number of nitrogens with zero attached hydrogens (tertiary/aromatic N) is 2. The summed E-state index contributed by atoms with van der Waals surface area (Å²) >= 11 is 1.11. The molecule has 13 heteroatoms. The largest absolute Gasteiger partial charge is 0.497 e. The molecule has 1 fully saturated rings. The SMILES string of the molecule is COc1ccc2nc(NS(=O)(=O)c3cc(N4C(=O)C(C)CS4(=O)=O)ccc3OC)sc2c1. The smallest absolute Gasteiger partial charge is 0.267 e. The van der Waals surface area contributed by atoms with Crippen molar-refractivity contribution in [2.45, 2.75) is 11.8 Å². The van der Waals surface area contributed by atoms with Crippen molar-refractivity contribution in [3.8, 4) is 11.5 Å². The maximum absolute atomic E-state index is 13.2. The molecule has 1 amide bonds. The second kappa shape index (κ2) is 7.90. The van der Waals surface area contributed by atoms with Gasteiger partial charge in [0.1, 0.15) is 16.4 Å². The van der Waals surface area contributed by atoms with Gasteiger partial charge in [-0.15, -0.1) is 0 Å². The number of carbonyl (C=O) groups excluding carboxylic acids is 1. The second-order valence-corrected chi connectivity index (χ2v) is 11.6. The molecule has 1 aliphatic rings. The van der Waals surface area contributed by atoms with Gasteiger partial charge in [-0.2, -0.15) is 0 Å². The van der Waals surface area contributed by atoms with Gasteiger partial charge >= 0.3 is 0 Å². The molecule has 1 aromatic heterocycles. The van der Waals surface area contributed by atoms with E-state index in [2.05, 4.69) is 9.71 Å². The number of anilines is 2. The van der Waals surface area contributed by atoms with Crippen LogP contribution in [-0.4, -0.2) is 47.7 Å². The fraction of sp³-hybridized carbons (Fsp3) is 0.263. The zero-order valence-corrected chi connectivity index (χ0v) is 19.7. The normalized spacial score (nSPS) is 18.2. The van der Waals surface area contributed by atoms with Gasteiger partial charge in [0.25, 0.3) is 10.0 Å². The molecule has 170 valence electrons. The van der Waals surface area contributed by atoms with Crippen LogP contribution in [0.4, 0.5) is 10.8 Å². The van der Waals surface area contributed by atoms with Gasteiger partial charge in [-0.1, -0.05) is 18.3 Å². The minimum Gasteiger partial charge on any atom is -0.497 e. The molecule has 1 N–H and O–H groups in total. The molecule has 1 atom stereocenters. The van der Waals surface area contributed by atoms with Crippen LogP contribution in [0.2, 0.25) is 0 Å². The highest BCUT2D eigenvalue weighted by Crippen LogP contribution is 2.36. The molecule has 3 aromatic rings. The van der Waals surface area contributed by atoms with Gasteiger partial charge in [0.05, 0.1) is 41.8 Å². The summed E-state index contributed by atoms with van der Waals surface area (Å²) in [5.41, 5.74) is 0.506. The molecular formula is C19H19N3O7S3. The fourth-order valence-electron chi connectivity index (χ4n) is 3.33. The van der Waals surface area contributed by atoms with Crippen LogP contribution in [0.5, 0.6) is 11.5 Å². The molecule has 0 bridgehead atoms. The van der Waals surface area contributed by atoms with Crippen LogP contribution in [0, 0.1) is 5.92 Å². The topological polar surface area (TPSA) is 132 Å². The predicted molar refractivity (Wildman–Crippen MR) is 120 cm³/mol. The summed E-state index contributed by atoms with van der Waals surface area (Å²) in [7, 11) is -5.31. The van der Waals surface area contributed by atoms with Crippen LogP contribution >= 0.6 is 11.3 Å². The summed E-state index contributed by atoms with van der Waals surface area (Å²) < 4.78 is 65.3. The van der Waals surface area contributed by atoms with Crippen molar-refractivity contribution in [2.75, 3.05) is 29.0 Å². The Morgan fingerprint density at radius 1 is 1.16 bits per heavy atom. The first-order valence-electron chi connectivity index (χ1n) is 9.28. The van der Waals surface area contributed by atoms with Crippen LogP contribution in [0.3, 0.4) is 0 Å². The molecule has 0 saturated carbocycles. The average Bonchev–Trinajstić information content (AvgIpc) is 3.22. The first kappa shape index (κ1) is 22.3. The maximum Gasteiger partial charge on any atom is 0.267 e. The number of amides is 1. The number of aromatic nitrogens is 1. The zero-order chi connectivity index (χ0) is 23.3. The molecule has 32 heavy (non-hydrogen) atoms. The Hall–Kier alpha value is -2.90. The number of methoxy groups -OCH3 is 2. The number of carbonyl (C=O) groups is 1. The van der Waals surface area contributed by atoms with E-state index < -0.39 is 31.9 Å². The number of ether oxygens (including phenoxy) is 2. The Balaban J connectivity index is 1.74. The van der Waals surface area contributed by atoms with Gasteiger partial charge in [0.2, 0.25) is 15.9 Å². The van der Waals surface area contributed by atoms with Crippen molar-refractivity contribution in [3.63, 3.8) is 0 Å². The van der Waals surface area contributed by atoms with E-state index in [9.17, 15) is 21.6 Å². The van der Waals surface area contributed by atoms with Crippen molar-refractivity contribution in [3.05, 3.63) is 36.4 Å². The first-order valence-corrected chi connectivity index (χ1v) is 13.2. The van der Waals surface area contributed by atoms with Crippen molar-refractivity contribution in [1.82, 2.24) is 4.98 Å². The summed E-state index contributed by atoms with van der Waals surface area (Å²) in [6.45, 7) is 1.50. The number of thiazole rings is 1. The van der Waals surface area contributed by atoms with Crippen LogP contribution in [0.1, 0.15) is 6.92 Å². The molecule has 10 nitrogen and oxygen atoms in total. The quantitative estimate of drug-likeness (QED) is 0.549. The lowest BCUT2D eigenvalue weighted by molar-refractivity contribution is -0.119. The molecule has 0 spiro atoms. The van der Waals surface area contributed by atoms with E-state index >= 15 is 0 Å². The summed E-state index contributed by atoms with van der Waals surface area (Å²) in [6, 6.07) is 8.88. The highest BCUT2D eigenvalue weighted by molar-refractivity contribution is 7.94. The van der Waals surface area contributed by atoms with Gasteiger partial charge in [-0.3, -0.25) is 9.52 Å². The van der Waals surface area contributed by atoms with Crippen LogP contribution in [0.15, 0.2) is 41.3 Å². The Morgan fingerprint density at radius 3 is 2.53 bits per heavy atom. The van der Waals surface area contributed by atoms with Gasteiger partial charge < -0.3 is 9.47 Å². The molecule has 0 radical (unpaired) electrons. The van der Waals surface area contributed by atoms with Crippen molar-refractivity contribution in [1.29, 1.82) is 0 Å². The third kappa shape index (κ3) is 3.87. The molecule has 0 aliphatic carbocycles. The molecule has 1 saturated heterocycles. The molecule has 1 unspecified atom stereocenters. The average molecular weight is 498 g/mol. The number of fused-ring (bicyclic) bond motifs is 1. The van der Waals surface area contributed by atoms with E-state index in [-0.39, 0.29) is 27.2 Å². The molecule has 1 aliphatic heterocycles. The zero-order valence-electron chi connectivity index (χ0n) is 17.2. The summed E-state index contributed by atoms with van der Waals surface area (Å²) in [5.74, 6) is -1.09. The summed E-state index contributed by atoms with van der Waals surface area (Å²) in [5, 5.41) is 0.110. The monoisotopic (exact) mass is 497 g/mol. The van der Waals surface area contributed by atoms with E-state index in [4.69, 9.17) is 9.47 Å². The fourth-order valence-corrected chi connectivity index (χ4v) is 7.47. The first-order chi connectivity index (χ1) is 15.1.